The SMILES string of the molecule is CNCC(C)n1ccc(=O)[nH]c1=O. The summed E-state index contributed by atoms with van der Waals surface area (Å²) in [5.41, 5.74) is -0.729. The van der Waals surface area contributed by atoms with E-state index in [2.05, 4.69) is 10.3 Å². The van der Waals surface area contributed by atoms with Gasteiger partial charge in [-0.3, -0.25) is 14.3 Å². The second-order valence-electron chi connectivity index (χ2n) is 2.92. The van der Waals surface area contributed by atoms with Crippen LogP contribution in [0.1, 0.15) is 13.0 Å². The minimum atomic E-state index is -0.366. The second kappa shape index (κ2) is 4.04. The van der Waals surface area contributed by atoms with E-state index in [0.29, 0.717) is 6.54 Å². The number of hydrogen-bond acceptors (Lipinski definition) is 3. The minimum absolute atomic E-state index is 0.0364. The van der Waals surface area contributed by atoms with E-state index >= 15 is 0 Å². The number of nitrogens with one attached hydrogen (secondary N) is 2. The molecule has 1 rings (SSSR count). The van der Waals surface area contributed by atoms with Crippen LogP contribution in [0.3, 0.4) is 0 Å². The van der Waals surface area contributed by atoms with Crippen LogP contribution in [0.4, 0.5) is 0 Å². The average molecular weight is 183 g/mol. The highest BCUT2D eigenvalue weighted by Gasteiger charge is 2.04. The fourth-order valence-electron chi connectivity index (χ4n) is 1.17. The maximum atomic E-state index is 11.2. The lowest BCUT2D eigenvalue weighted by molar-refractivity contribution is 0.493. The van der Waals surface area contributed by atoms with Crippen molar-refractivity contribution in [2.75, 3.05) is 13.6 Å². The van der Waals surface area contributed by atoms with Gasteiger partial charge in [-0.15, -0.1) is 0 Å². The Balaban J connectivity index is 3.02. The first-order chi connectivity index (χ1) is 6.15. The van der Waals surface area contributed by atoms with E-state index in [4.69, 9.17) is 0 Å². The van der Waals surface area contributed by atoms with Gasteiger partial charge in [-0.1, -0.05) is 0 Å². The molecule has 0 fully saturated rings. The molecule has 0 aliphatic carbocycles. The van der Waals surface area contributed by atoms with Gasteiger partial charge in [0.1, 0.15) is 0 Å². The average Bonchev–Trinajstić information content (AvgIpc) is 2.04. The number of likely N-dealkylation sites (N-methyl/N-ethyl adjacent to an activating group) is 1. The Hall–Kier alpha value is -1.36. The fourth-order valence-corrected chi connectivity index (χ4v) is 1.17. The summed E-state index contributed by atoms with van der Waals surface area (Å²) >= 11 is 0. The molecule has 5 heteroatoms. The standard InChI is InChI=1S/C8H13N3O2/c1-6(5-9-2)11-4-3-7(12)10-8(11)13/h3-4,6,9H,5H2,1-2H3,(H,10,12,13). The molecule has 0 saturated carbocycles. The largest absolute Gasteiger partial charge is 0.328 e. The molecule has 0 aliphatic heterocycles. The molecule has 0 amide bonds. The van der Waals surface area contributed by atoms with Gasteiger partial charge in [-0.2, -0.15) is 0 Å². The van der Waals surface area contributed by atoms with Crippen molar-refractivity contribution in [1.82, 2.24) is 14.9 Å². The number of aromatic amines is 1. The molecule has 1 aromatic heterocycles. The monoisotopic (exact) mass is 183 g/mol. The van der Waals surface area contributed by atoms with Gasteiger partial charge < -0.3 is 5.32 Å². The predicted octanol–water partition coefficient (Wildman–Crippen LogP) is -0.683. The molecule has 0 spiro atoms. The van der Waals surface area contributed by atoms with Crippen LogP contribution in [0.5, 0.6) is 0 Å². The van der Waals surface area contributed by atoms with Gasteiger partial charge in [-0.05, 0) is 14.0 Å². The van der Waals surface area contributed by atoms with Crippen molar-refractivity contribution in [3.63, 3.8) is 0 Å². The maximum absolute atomic E-state index is 11.2. The van der Waals surface area contributed by atoms with E-state index in [-0.39, 0.29) is 17.3 Å². The number of rotatable bonds is 3. The molecule has 1 unspecified atom stereocenters. The molecule has 0 aromatic carbocycles. The van der Waals surface area contributed by atoms with E-state index in [0.717, 1.165) is 0 Å². The van der Waals surface area contributed by atoms with Crippen molar-refractivity contribution < 1.29 is 0 Å². The van der Waals surface area contributed by atoms with Gasteiger partial charge in [-0.25, -0.2) is 4.79 Å². The lowest BCUT2D eigenvalue weighted by atomic mass is 10.3. The van der Waals surface area contributed by atoms with Crippen molar-refractivity contribution in [1.29, 1.82) is 0 Å². The summed E-state index contributed by atoms with van der Waals surface area (Å²) in [7, 11) is 1.81. The highest BCUT2D eigenvalue weighted by Crippen LogP contribution is 1.96. The Bertz CT molecular complexity index is 379. The number of aromatic nitrogens is 2. The van der Waals surface area contributed by atoms with Gasteiger partial charge in [0.05, 0.1) is 0 Å². The molecular weight excluding hydrogens is 170 g/mol. The van der Waals surface area contributed by atoms with Crippen molar-refractivity contribution >= 4 is 0 Å². The van der Waals surface area contributed by atoms with Crippen molar-refractivity contribution in [2.45, 2.75) is 13.0 Å². The molecule has 13 heavy (non-hydrogen) atoms. The normalized spacial score (nSPS) is 12.8. The van der Waals surface area contributed by atoms with Gasteiger partial charge in [0.2, 0.25) is 0 Å². The molecule has 0 bridgehead atoms. The summed E-state index contributed by atoms with van der Waals surface area (Å²) in [6.07, 6.45) is 1.50. The summed E-state index contributed by atoms with van der Waals surface area (Å²) in [6, 6.07) is 1.38. The third-order valence-corrected chi connectivity index (χ3v) is 1.83. The summed E-state index contributed by atoms with van der Waals surface area (Å²) in [5.74, 6) is 0. The van der Waals surface area contributed by atoms with Crippen LogP contribution in [0, 0.1) is 0 Å². The lowest BCUT2D eigenvalue weighted by Gasteiger charge is -2.12. The summed E-state index contributed by atoms with van der Waals surface area (Å²) in [6.45, 7) is 2.59. The Labute approximate surface area is 75.4 Å². The quantitative estimate of drug-likeness (QED) is 0.652. The topological polar surface area (TPSA) is 66.9 Å². The zero-order valence-electron chi connectivity index (χ0n) is 7.70. The Kier molecular flexibility index (Phi) is 3.02. The third kappa shape index (κ3) is 2.29. The van der Waals surface area contributed by atoms with Crippen LogP contribution in [0.25, 0.3) is 0 Å². The number of H-pyrrole nitrogens is 1. The van der Waals surface area contributed by atoms with Crippen LogP contribution >= 0.6 is 0 Å². The van der Waals surface area contributed by atoms with Crippen LogP contribution in [-0.2, 0) is 0 Å². The molecule has 72 valence electrons. The molecule has 1 atom stereocenters. The van der Waals surface area contributed by atoms with Crippen LogP contribution in [0.2, 0.25) is 0 Å². The molecule has 0 saturated heterocycles. The minimum Gasteiger partial charge on any atom is -0.318 e. The van der Waals surface area contributed by atoms with E-state index < -0.39 is 0 Å². The van der Waals surface area contributed by atoms with Crippen LogP contribution in [-0.4, -0.2) is 23.1 Å². The van der Waals surface area contributed by atoms with Crippen LogP contribution in [0.15, 0.2) is 21.9 Å². The van der Waals surface area contributed by atoms with Crippen molar-refractivity contribution in [3.05, 3.63) is 33.1 Å². The van der Waals surface area contributed by atoms with E-state index in [9.17, 15) is 9.59 Å². The first-order valence-corrected chi connectivity index (χ1v) is 4.11. The van der Waals surface area contributed by atoms with Crippen molar-refractivity contribution in [3.8, 4) is 0 Å². The molecule has 2 N–H and O–H groups in total. The highest BCUT2D eigenvalue weighted by molar-refractivity contribution is 4.85. The number of nitrogens with zero attached hydrogens (tertiary/aromatic N) is 1. The third-order valence-electron chi connectivity index (χ3n) is 1.83. The van der Waals surface area contributed by atoms with E-state index in [1.807, 2.05) is 14.0 Å². The van der Waals surface area contributed by atoms with Crippen LogP contribution < -0.4 is 16.6 Å². The highest BCUT2D eigenvalue weighted by atomic mass is 16.2. The second-order valence-corrected chi connectivity index (χ2v) is 2.92. The molecule has 1 heterocycles. The first kappa shape index (κ1) is 9.73. The zero-order valence-corrected chi connectivity index (χ0v) is 7.70. The van der Waals surface area contributed by atoms with Crippen molar-refractivity contribution in [2.24, 2.45) is 0 Å². The molecule has 0 radical (unpaired) electrons. The summed E-state index contributed by atoms with van der Waals surface area (Å²) < 4.78 is 1.48. The molecule has 1 aromatic rings. The molecule has 0 aliphatic rings. The van der Waals surface area contributed by atoms with Gasteiger partial charge in [0.25, 0.3) is 5.56 Å². The summed E-state index contributed by atoms with van der Waals surface area (Å²) in [4.78, 5) is 24.2. The van der Waals surface area contributed by atoms with E-state index in [1.54, 1.807) is 0 Å². The molecule has 5 nitrogen and oxygen atoms in total. The van der Waals surface area contributed by atoms with Gasteiger partial charge >= 0.3 is 5.69 Å². The van der Waals surface area contributed by atoms with E-state index in [1.165, 1.54) is 16.8 Å². The Morgan fingerprint density at radius 2 is 2.31 bits per heavy atom. The predicted molar refractivity (Wildman–Crippen MR) is 50.0 cm³/mol. The smallest absolute Gasteiger partial charge is 0.318 e. The maximum Gasteiger partial charge on any atom is 0.328 e. The summed E-state index contributed by atoms with van der Waals surface area (Å²) in [5, 5.41) is 2.96. The number of hydrogen-bond donors (Lipinski definition) is 2. The Morgan fingerprint density at radius 1 is 1.62 bits per heavy atom. The van der Waals surface area contributed by atoms with Gasteiger partial charge in [0, 0.05) is 24.8 Å². The fraction of sp³-hybridized carbons (Fsp3) is 0.500. The van der Waals surface area contributed by atoms with Gasteiger partial charge in [0.15, 0.2) is 0 Å². The lowest BCUT2D eigenvalue weighted by Crippen LogP contribution is -2.33. The molecular formula is C8H13N3O2. The Morgan fingerprint density at radius 3 is 2.85 bits per heavy atom. The first-order valence-electron chi connectivity index (χ1n) is 4.11. The zero-order chi connectivity index (χ0) is 9.84.